The van der Waals surface area contributed by atoms with Crippen LogP contribution >= 0.6 is 11.8 Å². The maximum atomic E-state index is 13.3. The number of carbonyl (C=O) groups is 1. The molecule has 0 fully saturated rings. The van der Waals surface area contributed by atoms with Crippen molar-refractivity contribution in [3.8, 4) is 22.9 Å². The van der Waals surface area contributed by atoms with Gasteiger partial charge in [0.05, 0.1) is 49.9 Å². The molecule has 0 bridgehead atoms. The maximum Gasteiger partial charge on any atom is 0.266 e. The van der Waals surface area contributed by atoms with Crippen LogP contribution in [0.25, 0.3) is 16.6 Å². The van der Waals surface area contributed by atoms with Crippen molar-refractivity contribution < 1.29 is 19.0 Å². The second-order valence-corrected chi connectivity index (χ2v) is 8.38. The third-order valence-electron chi connectivity index (χ3n) is 5.24. The molecule has 0 saturated heterocycles. The SMILES string of the molecule is COc1ccc(-n2c(SCC(=O)N/N=C/c3cc(OC)ccc3OC)nc3ccccc3c2=O)cc1. The lowest BCUT2D eigenvalue weighted by atomic mass is 10.2. The third-order valence-corrected chi connectivity index (χ3v) is 6.18. The Morgan fingerprint density at radius 3 is 2.44 bits per heavy atom. The molecule has 0 aliphatic heterocycles. The van der Waals surface area contributed by atoms with Crippen molar-refractivity contribution in [3.63, 3.8) is 0 Å². The van der Waals surface area contributed by atoms with E-state index in [1.54, 1.807) is 82.0 Å². The number of carbonyl (C=O) groups excluding carboxylic acids is 1. The van der Waals surface area contributed by atoms with E-state index in [2.05, 4.69) is 15.5 Å². The number of thioether (sulfide) groups is 1. The van der Waals surface area contributed by atoms with E-state index in [0.717, 1.165) is 11.8 Å². The number of aromatic nitrogens is 2. The first-order valence-electron chi connectivity index (χ1n) is 10.9. The Bertz CT molecular complexity index is 1470. The van der Waals surface area contributed by atoms with E-state index in [9.17, 15) is 9.59 Å². The summed E-state index contributed by atoms with van der Waals surface area (Å²) < 4.78 is 17.2. The molecule has 10 heteroatoms. The minimum atomic E-state index is -0.359. The van der Waals surface area contributed by atoms with Crippen LogP contribution in [0.4, 0.5) is 0 Å². The lowest BCUT2D eigenvalue weighted by Crippen LogP contribution is -2.24. The molecule has 4 rings (SSSR count). The van der Waals surface area contributed by atoms with Gasteiger partial charge >= 0.3 is 0 Å². The van der Waals surface area contributed by atoms with Gasteiger partial charge in [0.25, 0.3) is 11.5 Å². The van der Waals surface area contributed by atoms with Gasteiger partial charge in [0.1, 0.15) is 17.2 Å². The molecule has 3 aromatic carbocycles. The number of nitrogens with one attached hydrogen (secondary N) is 1. The second-order valence-electron chi connectivity index (χ2n) is 7.44. The standard InChI is InChI=1S/C26H24N4O5S/c1-33-19-10-8-18(9-11-19)30-25(32)21-6-4-5-7-22(21)28-26(30)36-16-24(31)29-27-15-17-14-20(34-2)12-13-23(17)35-3/h4-15H,16H2,1-3H3,(H,29,31)/b27-15+. The molecule has 0 spiro atoms. The van der Waals surface area contributed by atoms with Crippen molar-refractivity contribution in [3.05, 3.63) is 82.6 Å². The van der Waals surface area contributed by atoms with E-state index in [1.807, 2.05) is 6.07 Å². The maximum absolute atomic E-state index is 13.3. The van der Waals surface area contributed by atoms with E-state index < -0.39 is 0 Å². The van der Waals surface area contributed by atoms with Gasteiger partial charge in [-0.3, -0.25) is 14.2 Å². The largest absolute Gasteiger partial charge is 0.497 e. The van der Waals surface area contributed by atoms with Crippen LogP contribution < -0.4 is 25.2 Å². The number of benzene rings is 3. The topological polar surface area (TPSA) is 104 Å². The zero-order valence-corrected chi connectivity index (χ0v) is 20.7. The monoisotopic (exact) mass is 504 g/mol. The predicted octanol–water partition coefficient (Wildman–Crippen LogP) is 3.65. The Hall–Kier alpha value is -4.31. The molecule has 1 amide bonds. The molecule has 0 radical (unpaired) electrons. The highest BCUT2D eigenvalue weighted by Gasteiger charge is 2.15. The molecule has 0 aliphatic rings. The average Bonchev–Trinajstić information content (AvgIpc) is 2.92. The van der Waals surface area contributed by atoms with Crippen LogP contribution in [0.5, 0.6) is 17.2 Å². The fourth-order valence-electron chi connectivity index (χ4n) is 3.44. The number of hydrogen-bond acceptors (Lipinski definition) is 8. The first-order chi connectivity index (χ1) is 17.5. The van der Waals surface area contributed by atoms with E-state index in [0.29, 0.717) is 44.6 Å². The molecule has 0 unspecified atom stereocenters. The van der Waals surface area contributed by atoms with Crippen molar-refractivity contribution in [1.29, 1.82) is 0 Å². The van der Waals surface area contributed by atoms with Crippen LogP contribution in [0.2, 0.25) is 0 Å². The van der Waals surface area contributed by atoms with Gasteiger partial charge in [-0.1, -0.05) is 23.9 Å². The van der Waals surface area contributed by atoms with E-state index in [4.69, 9.17) is 14.2 Å². The Morgan fingerprint density at radius 1 is 1.00 bits per heavy atom. The number of methoxy groups -OCH3 is 3. The molecular formula is C26H24N4O5S. The van der Waals surface area contributed by atoms with Crippen LogP contribution in [0.3, 0.4) is 0 Å². The van der Waals surface area contributed by atoms with E-state index in [1.165, 1.54) is 10.8 Å². The second kappa shape index (κ2) is 11.4. The summed E-state index contributed by atoms with van der Waals surface area (Å²) >= 11 is 1.14. The third kappa shape index (κ3) is 5.49. The summed E-state index contributed by atoms with van der Waals surface area (Å²) in [4.78, 5) is 30.5. The Balaban J connectivity index is 1.55. The van der Waals surface area contributed by atoms with Crippen molar-refractivity contribution in [2.75, 3.05) is 27.1 Å². The summed E-state index contributed by atoms with van der Waals surface area (Å²) in [5.41, 5.74) is 4.09. The molecule has 184 valence electrons. The van der Waals surface area contributed by atoms with Gasteiger partial charge < -0.3 is 14.2 Å². The number of amides is 1. The number of rotatable bonds is 9. The molecule has 1 heterocycles. The Labute approximate surface area is 211 Å². The van der Waals surface area contributed by atoms with Crippen LogP contribution in [0.15, 0.2) is 81.8 Å². The summed E-state index contributed by atoms with van der Waals surface area (Å²) in [6.07, 6.45) is 1.48. The van der Waals surface area contributed by atoms with Gasteiger partial charge in [-0.05, 0) is 54.6 Å². The quantitative estimate of drug-likeness (QED) is 0.161. The summed E-state index contributed by atoms with van der Waals surface area (Å²) in [5.74, 6) is 1.53. The van der Waals surface area contributed by atoms with Crippen molar-refractivity contribution >= 4 is 34.8 Å². The molecule has 1 N–H and O–H groups in total. The van der Waals surface area contributed by atoms with Crippen LogP contribution in [-0.4, -0.2) is 48.8 Å². The summed E-state index contributed by atoms with van der Waals surface area (Å²) in [5, 5.41) is 4.90. The number of hydrogen-bond donors (Lipinski definition) is 1. The number of para-hydroxylation sites is 1. The lowest BCUT2D eigenvalue weighted by Gasteiger charge is -2.13. The number of hydrazone groups is 1. The van der Waals surface area contributed by atoms with Gasteiger partial charge in [0.15, 0.2) is 5.16 Å². The van der Waals surface area contributed by atoms with Crippen LogP contribution in [-0.2, 0) is 4.79 Å². The van der Waals surface area contributed by atoms with Crippen LogP contribution in [0, 0.1) is 0 Å². The number of nitrogens with zero attached hydrogens (tertiary/aromatic N) is 3. The fourth-order valence-corrected chi connectivity index (χ4v) is 4.25. The lowest BCUT2D eigenvalue weighted by molar-refractivity contribution is -0.118. The first kappa shape index (κ1) is 24.8. The molecule has 0 aliphatic carbocycles. The summed E-state index contributed by atoms with van der Waals surface area (Å²) in [6, 6.07) is 19.4. The normalized spacial score (nSPS) is 11.0. The molecule has 0 saturated carbocycles. The first-order valence-corrected chi connectivity index (χ1v) is 11.9. The number of fused-ring (bicyclic) bond motifs is 1. The zero-order valence-electron chi connectivity index (χ0n) is 19.9. The van der Waals surface area contributed by atoms with E-state index in [-0.39, 0.29) is 17.2 Å². The van der Waals surface area contributed by atoms with E-state index >= 15 is 0 Å². The van der Waals surface area contributed by atoms with Crippen molar-refractivity contribution in [2.45, 2.75) is 5.16 Å². The van der Waals surface area contributed by atoms with Crippen molar-refractivity contribution in [2.24, 2.45) is 5.10 Å². The molecule has 4 aromatic rings. The Kier molecular flexibility index (Phi) is 7.86. The summed E-state index contributed by atoms with van der Waals surface area (Å²) in [7, 11) is 4.69. The molecular weight excluding hydrogens is 480 g/mol. The Morgan fingerprint density at radius 2 is 1.72 bits per heavy atom. The smallest absolute Gasteiger partial charge is 0.266 e. The number of ether oxygens (including phenoxy) is 3. The van der Waals surface area contributed by atoms with Gasteiger partial charge in [0.2, 0.25) is 0 Å². The molecule has 0 atom stereocenters. The van der Waals surface area contributed by atoms with Gasteiger partial charge in [-0.2, -0.15) is 5.10 Å². The van der Waals surface area contributed by atoms with Gasteiger partial charge in [0, 0.05) is 5.56 Å². The highest BCUT2D eigenvalue weighted by atomic mass is 32.2. The minimum absolute atomic E-state index is 0.00643. The zero-order chi connectivity index (χ0) is 25.5. The molecule has 9 nitrogen and oxygen atoms in total. The molecule has 36 heavy (non-hydrogen) atoms. The minimum Gasteiger partial charge on any atom is -0.497 e. The highest BCUT2D eigenvalue weighted by molar-refractivity contribution is 7.99. The highest BCUT2D eigenvalue weighted by Crippen LogP contribution is 2.24. The van der Waals surface area contributed by atoms with Gasteiger partial charge in [-0.15, -0.1) is 0 Å². The van der Waals surface area contributed by atoms with Gasteiger partial charge in [-0.25, -0.2) is 10.4 Å². The average molecular weight is 505 g/mol. The van der Waals surface area contributed by atoms with Crippen LogP contribution in [0.1, 0.15) is 5.56 Å². The van der Waals surface area contributed by atoms with Crippen molar-refractivity contribution in [1.82, 2.24) is 15.0 Å². The predicted molar refractivity (Wildman–Crippen MR) is 140 cm³/mol. The summed E-state index contributed by atoms with van der Waals surface area (Å²) in [6.45, 7) is 0. The molecule has 1 aromatic heterocycles. The fraction of sp³-hybridized carbons (Fsp3) is 0.154.